The van der Waals surface area contributed by atoms with Gasteiger partial charge in [0.05, 0.1) is 12.2 Å². The zero-order valence-electron chi connectivity index (χ0n) is 29.5. The molecule has 6 nitrogen and oxygen atoms in total. The van der Waals surface area contributed by atoms with Crippen LogP contribution in [0, 0.1) is 47.3 Å². The Hall–Kier alpha value is -2.28. The first-order chi connectivity index (χ1) is 21.8. The van der Waals surface area contributed by atoms with Gasteiger partial charge in [-0.15, -0.1) is 0 Å². The van der Waals surface area contributed by atoms with E-state index in [0.717, 1.165) is 49.5 Å². The molecule has 0 amide bonds. The normalized spacial score (nSPS) is 34.8. The van der Waals surface area contributed by atoms with E-state index in [1.807, 2.05) is 19.1 Å². The van der Waals surface area contributed by atoms with Crippen LogP contribution in [0.4, 0.5) is 0 Å². The van der Waals surface area contributed by atoms with E-state index >= 15 is 0 Å². The number of fused-ring (bicyclic) bond motifs is 2. The van der Waals surface area contributed by atoms with Gasteiger partial charge in [-0.25, -0.2) is 4.79 Å². The molecule has 0 spiro atoms. The van der Waals surface area contributed by atoms with Gasteiger partial charge in [-0.2, -0.15) is 0 Å². The Kier molecular flexibility index (Phi) is 12.5. The smallest absolute Gasteiger partial charge is 0.335 e. The quantitative estimate of drug-likeness (QED) is 0.124. The number of cyclic esters (lactones) is 1. The van der Waals surface area contributed by atoms with Crippen molar-refractivity contribution in [1.82, 2.24) is 0 Å². The summed E-state index contributed by atoms with van der Waals surface area (Å²) in [5.74, 6) is -1.22. The predicted molar refractivity (Wildman–Crippen MR) is 184 cm³/mol. The molecule has 0 bridgehead atoms. The van der Waals surface area contributed by atoms with E-state index in [1.165, 1.54) is 11.1 Å². The van der Waals surface area contributed by atoms with Crippen molar-refractivity contribution in [3.05, 3.63) is 57.7 Å². The number of aldehydes is 1. The van der Waals surface area contributed by atoms with E-state index in [4.69, 9.17) is 4.74 Å². The first-order valence-corrected chi connectivity index (χ1v) is 17.8. The summed E-state index contributed by atoms with van der Waals surface area (Å²) < 4.78 is 6.20. The van der Waals surface area contributed by atoms with Crippen molar-refractivity contribution < 1.29 is 29.6 Å². The maximum Gasteiger partial charge on any atom is 0.335 e. The number of hydrogen-bond donors (Lipinski definition) is 3. The number of allylic oxidation sites excluding steroid dienone is 6. The molecule has 0 aromatic heterocycles. The maximum absolute atomic E-state index is 14.0. The van der Waals surface area contributed by atoms with E-state index in [1.54, 1.807) is 0 Å². The van der Waals surface area contributed by atoms with Crippen LogP contribution in [0.2, 0.25) is 0 Å². The van der Waals surface area contributed by atoms with Gasteiger partial charge in [-0.1, -0.05) is 61.8 Å². The third-order valence-corrected chi connectivity index (χ3v) is 11.4. The van der Waals surface area contributed by atoms with Crippen molar-refractivity contribution in [1.29, 1.82) is 0 Å². The molecule has 4 aliphatic rings. The van der Waals surface area contributed by atoms with Gasteiger partial charge in [-0.3, -0.25) is 4.79 Å². The zero-order chi connectivity index (χ0) is 33.9. The average Bonchev–Trinajstić information content (AvgIpc) is 3.68. The summed E-state index contributed by atoms with van der Waals surface area (Å²) >= 11 is 0. The fraction of sp³-hybridized carbons (Fsp3) is 0.700. The Morgan fingerprint density at radius 1 is 0.957 bits per heavy atom. The fourth-order valence-corrected chi connectivity index (χ4v) is 8.92. The first-order valence-electron chi connectivity index (χ1n) is 17.8. The van der Waals surface area contributed by atoms with Crippen molar-refractivity contribution in [2.75, 3.05) is 0 Å². The molecule has 6 heteroatoms. The summed E-state index contributed by atoms with van der Waals surface area (Å²) in [6.07, 6.45) is 11.4. The number of hydrogen-bond acceptors (Lipinski definition) is 6. The number of aliphatic hydroxyl groups is 3. The van der Waals surface area contributed by atoms with E-state index in [2.05, 4.69) is 60.6 Å². The van der Waals surface area contributed by atoms with Crippen LogP contribution in [0.3, 0.4) is 0 Å². The standard InChI is InChI=1S/C40H60O6/c1-22(2)12-9-15-25(6)33-31(42)18-24(5)14-11-17-28(21-41)35(33)38(44)39-36-30-20-29(30)27(8)19-32(43)34(37(36)40(45)46-39)26(7)16-10-13-23(3)4/h12-14,17,21,25-27,29-35,38-39,42-44H,9-11,15-16,18-20H2,1-8H3/t25-,26-,27-,29+,30+,31-,32-,33-,34-,35-,38-,39-/m0/s1. The minimum absolute atomic E-state index is 0.0132. The summed E-state index contributed by atoms with van der Waals surface area (Å²) in [5, 5.41) is 35.9. The molecule has 0 aromatic rings. The molecule has 1 aliphatic heterocycles. The van der Waals surface area contributed by atoms with Gasteiger partial charge in [0.25, 0.3) is 0 Å². The summed E-state index contributed by atoms with van der Waals surface area (Å²) in [4.78, 5) is 26.7. The lowest BCUT2D eigenvalue weighted by Gasteiger charge is -2.40. The summed E-state index contributed by atoms with van der Waals surface area (Å²) in [7, 11) is 0. The van der Waals surface area contributed by atoms with Gasteiger partial charge in [0, 0.05) is 17.4 Å². The molecule has 4 rings (SSSR count). The van der Waals surface area contributed by atoms with Gasteiger partial charge in [0.1, 0.15) is 12.4 Å². The average molecular weight is 637 g/mol. The number of esters is 1. The molecule has 0 saturated heterocycles. The lowest BCUT2D eigenvalue weighted by Crippen LogP contribution is -2.46. The molecule has 12 atom stereocenters. The largest absolute Gasteiger partial charge is 0.452 e. The van der Waals surface area contributed by atoms with Crippen LogP contribution >= 0.6 is 0 Å². The zero-order valence-corrected chi connectivity index (χ0v) is 29.5. The number of carbonyl (C=O) groups excluding carboxylic acids is 2. The summed E-state index contributed by atoms with van der Waals surface area (Å²) in [6, 6.07) is 0. The second kappa shape index (κ2) is 15.7. The lowest BCUT2D eigenvalue weighted by atomic mass is 9.67. The molecule has 3 N–H and O–H groups in total. The molecule has 0 aromatic carbocycles. The van der Waals surface area contributed by atoms with Crippen LogP contribution < -0.4 is 0 Å². The highest BCUT2D eigenvalue weighted by Crippen LogP contribution is 2.58. The minimum atomic E-state index is -1.20. The highest BCUT2D eigenvalue weighted by atomic mass is 16.6. The van der Waals surface area contributed by atoms with Crippen LogP contribution in [-0.4, -0.2) is 52.0 Å². The topological polar surface area (TPSA) is 104 Å². The van der Waals surface area contributed by atoms with Gasteiger partial charge in [-0.05, 0) is 133 Å². The maximum atomic E-state index is 14.0. The SMILES string of the molecule is CC(C)=CCC[C@H](C)[C@@H]1C2=C([C@@H]3C[C@@H]3[C@@H](C)C[C@@H]1O)[C@@H]([C@@H](O)[C@H]1C(C=O)=CCC=C(C)C[C@H](O)[C@@H]1[C@@H](C)CCC=C(C)C)OC2=O. The number of carbonyl (C=O) groups is 2. The molecular weight excluding hydrogens is 576 g/mol. The summed E-state index contributed by atoms with van der Waals surface area (Å²) in [5.41, 5.74) is 5.39. The number of ether oxygens (including phenoxy) is 1. The predicted octanol–water partition coefficient (Wildman–Crippen LogP) is 7.45. The summed E-state index contributed by atoms with van der Waals surface area (Å²) in [6.45, 7) is 16.7. The van der Waals surface area contributed by atoms with E-state index < -0.39 is 42.2 Å². The lowest BCUT2D eigenvalue weighted by molar-refractivity contribution is -0.148. The Labute approximate surface area is 277 Å². The van der Waals surface area contributed by atoms with Crippen molar-refractivity contribution in [3.63, 3.8) is 0 Å². The Morgan fingerprint density at radius 3 is 2.20 bits per heavy atom. The molecule has 1 heterocycles. The highest BCUT2D eigenvalue weighted by molar-refractivity contribution is 5.93. The van der Waals surface area contributed by atoms with Crippen molar-refractivity contribution in [2.45, 2.75) is 131 Å². The van der Waals surface area contributed by atoms with Crippen LogP contribution in [0.15, 0.2) is 57.7 Å². The Bertz CT molecular complexity index is 1260. The molecule has 0 unspecified atom stereocenters. The van der Waals surface area contributed by atoms with Crippen LogP contribution in [-0.2, 0) is 14.3 Å². The molecule has 1 saturated carbocycles. The Balaban J connectivity index is 1.79. The first kappa shape index (κ1) is 36.6. The molecule has 1 fully saturated rings. The van der Waals surface area contributed by atoms with Crippen molar-refractivity contribution in [3.8, 4) is 0 Å². The van der Waals surface area contributed by atoms with Crippen LogP contribution in [0.1, 0.15) is 107 Å². The van der Waals surface area contributed by atoms with E-state index in [0.29, 0.717) is 36.3 Å². The van der Waals surface area contributed by atoms with E-state index in [-0.39, 0.29) is 29.6 Å². The highest BCUT2D eigenvalue weighted by Gasteiger charge is 2.58. The van der Waals surface area contributed by atoms with Gasteiger partial charge >= 0.3 is 5.97 Å². The second-order valence-electron chi connectivity index (χ2n) is 15.7. The van der Waals surface area contributed by atoms with Gasteiger partial charge in [0.15, 0.2) is 6.10 Å². The minimum Gasteiger partial charge on any atom is -0.452 e. The molecule has 0 radical (unpaired) electrons. The number of rotatable bonds is 11. The monoisotopic (exact) mass is 636 g/mol. The van der Waals surface area contributed by atoms with Crippen molar-refractivity contribution in [2.24, 2.45) is 47.3 Å². The molecule has 256 valence electrons. The van der Waals surface area contributed by atoms with E-state index in [9.17, 15) is 24.9 Å². The second-order valence-corrected chi connectivity index (χ2v) is 15.7. The third-order valence-electron chi connectivity index (χ3n) is 11.4. The Morgan fingerprint density at radius 2 is 1.59 bits per heavy atom. The molecule has 3 aliphatic carbocycles. The van der Waals surface area contributed by atoms with Crippen molar-refractivity contribution >= 4 is 12.3 Å². The molecule has 46 heavy (non-hydrogen) atoms. The van der Waals surface area contributed by atoms with Crippen LogP contribution in [0.25, 0.3) is 0 Å². The van der Waals surface area contributed by atoms with Gasteiger partial charge in [0.2, 0.25) is 0 Å². The third kappa shape index (κ3) is 8.22. The molecular formula is C40H60O6. The van der Waals surface area contributed by atoms with Gasteiger partial charge < -0.3 is 20.1 Å². The fourth-order valence-electron chi connectivity index (χ4n) is 8.92. The van der Waals surface area contributed by atoms with Crippen LogP contribution in [0.5, 0.6) is 0 Å². The number of aliphatic hydroxyl groups excluding tert-OH is 3.